The van der Waals surface area contributed by atoms with Crippen LogP contribution in [0.2, 0.25) is 0 Å². The number of rotatable bonds is 7. The van der Waals surface area contributed by atoms with Crippen molar-refractivity contribution in [1.29, 1.82) is 0 Å². The molecule has 0 saturated heterocycles. The van der Waals surface area contributed by atoms with E-state index in [1.807, 2.05) is 0 Å². The highest BCUT2D eigenvalue weighted by Crippen LogP contribution is 2.39. The molecular formula is C18H30N2. The number of anilines is 1. The summed E-state index contributed by atoms with van der Waals surface area (Å²) in [5.74, 6) is 0. The molecule has 0 bridgehead atoms. The fraction of sp³-hybridized carbons (Fsp3) is 0.667. The Morgan fingerprint density at radius 3 is 2.30 bits per heavy atom. The summed E-state index contributed by atoms with van der Waals surface area (Å²) in [5, 5.41) is 3.59. The largest absolute Gasteiger partial charge is 0.371 e. The quantitative estimate of drug-likeness (QED) is 0.808. The SMILES string of the molecule is CCNCC1(CN(CC)c2ccc(C)cc2)CCCC1. The molecule has 0 heterocycles. The summed E-state index contributed by atoms with van der Waals surface area (Å²) in [4.78, 5) is 2.56. The minimum atomic E-state index is 0.483. The molecule has 0 aliphatic heterocycles. The van der Waals surface area contributed by atoms with Crippen LogP contribution in [-0.4, -0.2) is 26.2 Å². The Bertz CT molecular complexity index is 390. The van der Waals surface area contributed by atoms with Gasteiger partial charge in [-0.05, 0) is 45.4 Å². The second kappa shape index (κ2) is 7.12. The molecule has 1 aliphatic rings. The second-order valence-corrected chi connectivity index (χ2v) is 6.34. The molecule has 1 saturated carbocycles. The highest BCUT2D eigenvalue weighted by Gasteiger charge is 2.34. The lowest BCUT2D eigenvalue weighted by Gasteiger charge is -2.36. The van der Waals surface area contributed by atoms with E-state index in [1.165, 1.54) is 50.0 Å². The Balaban J connectivity index is 2.08. The van der Waals surface area contributed by atoms with E-state index in [-0.39, 0.29) is 0 Å². The number of benzene rings is 1. The van der Waals surface area contributed by atoms with Crippen molar-refractivity contribution in [3.8, 4) is 0 Å². The minimum absolute atomic E-state index is 0.483. The molecule has 2 rings (SSSR count). The van der Waals surface area contributed by atoms with E-state index in [9.17, 15) is 0 Å². The standard InChI is InChI=1S/C18H30N2/c1-4-19-14-18(12-6-7-13-18)15-20(5-2)17-10-8-16(3)9-11-17/h8-11,19H,4-7,12-15H2,1-3H3. The first-order valence-electron chi connectivity index (χ1n) is 8.21. The Morgan fingerprint density at radius 2 is 1.75 bits per heavy atom. The number of hydrogen-bond donors (Lipinski definition) is 1. The summed E-state index contributed by atoms with van der Waals surface area (Å²) in [7, 11) is 0. The zero-order valence-electron chi connectivity index (χ0n) is 13.4. The predicted molar refractivity (Wildman–Crippen MR) is 88.5 cm³/mol. The maximum Gasteiger partial charge on any atom is 0.0366 e. The number of nitrogens with one attached hydrogen (secondary N) is 1. The molecule has 1 N–H and O–H groups in total. The topological polar surface area (TPSA) is 15.3 Å². The first kappa shape index (κ1) is 15.4. The fourth-order valence-electron chi connectivity index (χ4n) is 3.45. The molecule has 0 amide bonds. The van der Waals surface area contributed by atoms with E-state index in [0.717, 1.165) is 13.1 Å². The van der Waals surface area contributed by atoms with E-state index in [4.69, 9.17) is 0 Å². The monoisotopic (exact) mass is 274 g/mol. The van der Waals surface area contributed by atoms with Crippen LogP contribution in [0.4, 0.5) is 5.69 Å². The van der Waals surface area contributed by atoms with Crippen molar-refractivity contribution in [1.82, 2.24) is 5.32 Å². The molecule has 2 heteroatoms. The zero-order valence-corrected chi connectivity index (χ0v) is 13.4. The van der Waals surface area contributed by atoms with Crippen LogP contribution in [0.3, 0.4) is 0 Å². The lowest BCUT2D eigenvalue weighted by Crippen LogP contribution is -2.42. The first-order valence-corrected chi connectivity index (χ1v) is 8.21. The van der Waals surface area contributed by atoms with Crippen molar-refractivity contribution >= 4 is 5.69 Å². The van der Waals surface area contributed by atoms with Gasteiger partial charge >= 0.3 is 0 Å². The Kier molecular flexibility index (Phi) is 5.47. The Morgan fingerprint density at radius 1 is 1.10 bits per heavy atom. The van der Waals surface area contributed by atoms with Crippen LogP contribution in [0.5, 0.6) is 0 Å². The zero-order chi connectivity index (χ0) is 14.4. The molecule has 1 fully saturated rings. The Labute approximate surface area is 124 Å². The third-order valence-electron chi connectivity index (χ3n) is 4.72. The van der Waals surface area contributed by atoms with E-state index in [2.05, 4.69) is 55.3 Å². The first-order chi connectivity index (χ1) is 9.69. The summed E-state index contributed by atoms with van der Waals surface area (Å²) < 4.78 is 0. The molecule has 1 aromatic carbocycles. The van der Waals surface area contributed by atoms with Crippen molar-refractivity contribution in [2.45, 2.75) is 46.5 Å². The van der Waals surface area contributed by atoms with Gasteiger partial charge in [0.15, 0.2) is 0 Å². The van der Waals surface area contributed by atoms with Gasteiger partial charge in [-0.2, -0.15) is 0 Å². The van der Waals surface area contributed by atoms with Crippen molar-refractivity contribution in [2.24, 2.45) is 5.41 Å². The summed E-state index contributed by atoms with van der Waals surface area (Å²) >= 11 is 0. The molecule has 0 unspecified atom stereocenters. The van der Waals surface area contributed by atoms with Crippen LogP contribution >= 0.6 is 0 Å². The number of aryl methyl sites for hydroxylation is 1. The maximum absolute atomic E-state index is 3.59. The van der Waals surface area contributed by atoms with Gasteiger partial charge in [0.2, 0.25) is 0 Å². The lowest BCUT2D eigenvalue weighted by molar-refractivity contribution is 0.286. The molecular weight excluding hydrogens is 244 g/mol. The smallest absolute Gasteiger partial charge is 0.0366 e. The third-order valence-corrected chi connectivity index (χ3v) is 4.72. The molecule has 0 radical (unpaired) electrons. The molecule has 20 heavy (non-hydrogen) atoms. The highest BCUT2D eigenvalue weighted by molar-refractivity contribution is 5.47. The van der Waals surface area contributed by atoms with Crippen molar-refractivity contribution in [2.75, 3.05) is 31.1 Å². The lowest BCUT2D eigenvalue weighted by atomic mass is 9.85. The van der Waals surface area contributed by atoms with Crippen LogP contribution < -0.4 is 10.2 Å². The van der Waals surface area contributed by atoms with Crippen LogP contribution in [0.1, 0.15) is 45.1 Å². The average molecular weight is 274 g/mol. The molecule has 2 nitrogen and oxygen atoms in total. The highest BCUT2D eigenvalue weighted by atomic mass is 15.1. The molecule has 0 atom stereocenters. The Hall–Kier alpha value is -1.02. The fourth-order valence-corrected chi connectivity index (χ4v) is 3.45. The van der Waals surface area contributed by atoms with Gasteiger partial charge in [-0.1, -0.05) is 37.5 Å². The molecule has 1 aromatic rings. The molecule has 0 spiro atoms. The van der Waals surface area contributed by atoms with Gasteiger partial charge in [0.05, 0.1) is 0 Å². The average Bonchev–Trinajstić information content (AvgIpc) is 2.93. The normalized spacial score (nSPS) is 17.4. The summed E-state index contributed by atoms with van der Waals surface area (Å²) in [6, 6.07) is 9.00. The maximum atomic E-state index is 3.59. The second-order valence-electron chi connectivity index (χ2n) is 6.34. The van der Waals surface area contributed by atoms with Crippen molar-refractivity contribution < 1.29 is 0 Å². The molecule has 112 valence electrons. The van der Waals surface area contributed by atoms with Gasteiger partial charge in [0.25, 0.3) is 0 Å². The summed E-state index contributed by atoms with van der Waals surface area (Å²) in [6.45, 7) is 11.2. The molecule has 1 aliphatic carbocycles. The molecule has 0 aromatic heterocycles. The van der Waals surface area contributed by atoms with Crippen LogP contribution in [0.15, 0.2) is 24.3 Å². The minimum Gasteiger partial charge on any atom is -0.371 e. The number of nitrogens with zero attached hydrogens (tertiary/aromatic N) is 1. The van der Waals surface area contributed by atoms with E-state index >= 15 is 0 Å². The van der Waals surface area contributed by atoms with E-state index in [1.54, 1.807) is 0 Å². The number of hydrogen-bond acceptors (Lipinski definition) is 2. The van der Waals surface area contributed by atoms with E-state index in [0.29, 0.717) is 5.41 Å². The van der Waals surface area contributed by atoms with Gasteiger partial charge in [0.1, 0.15) is 0 Å². The predicted octanol–water partition coefficient (Wildman–Crippen LogP) is 3.99. The van der Waals surface area contributed by atoms with Gasteiger partial charge in [-0.3, -0.25) is 0 Å². The van der Waals surface area contributed by atoms with Gasteiger partial charge in [-0.25, -0.2) is 0 Å². The van der Waals surface area contributed by atoms with Crippen LogP contribution in [-0.2, 0) is 0 Å². The third kappa shape index (κ3) is 3.76. The summed E-state index contributed by atoms with van der Waals surface area (Å²) in [6.07, 6.45) is 5.55. The van der Waals surface area contributed by atoms with Gasteiger partial charge < -0.3 is 10.2 Å². The van der Waals surface area contributed by atoms with Gasteiger partial charge in [-0.15, -0.1) is 0 Å². The van der Waals surface area contributed by atoms with Crippen LogP contribution in [0, 0.1) is 12.3 Å². The van der Waals surface area contributed by atoms with E-state index < -0.39 is 0 Å². The van der Waals surface area contributed by atoms with Crippen molar-refractivity contribution in [3.63, 3.8) is 0 Å². The van der Waals surface area contributed by atoms with Crippen molar-refractivity contribution in [3.05, 3.63) is 29.8 Å². The van der Waals surface area contributed by atoms with Gasteiger partial charge in [0, 0.05) is 30.7 Å². The van der Waals surface area contributed by atoms with Crippen LogP contribution in [0.25, 0.3) is 0 Å². The summed E-state index contributed by atoms with van der Waals surface area (Å²) in [5.41, 5.74) is 3.20.